The average molecular weight is 228 g/mol. The van der Waals surface area contributed by atoms with Crippen molar-refractivity contribution < 1.29 is 14.0 Å². The fourth-order valence-corrected chi connectivity index (χ4v) is 2.42. The second-order valence-corrected chi connectivity index (χ2v) is 5.38. The van der Waals surface area contributed by atoms with Crippen LogP contribution < -0.4 is 4.52 Å². The quantitative estimate of drug-likeness (QED) is 0.599. The van der Waals surface area contributed by atoms with Gasteiger partial charge in [0.2, 0.25) is 0 Å². The van der Waals surface area contributed by atoms with Crippen molar-refractivity contribution in [2.24, 2.45) is 0 Å². The van der Waals surface area contributed by atoms with Crippen LogP contribution in [0.4, 0.5) is 0 Å². The van der Waals surface area contributed by atoms with Gasteiger partial charge in [-0.2, -0.15) is 0 Å². The molecule has 0 spiro atoms. The normalized spacial score (nSPS) is 14.5. The van der Waals surface area contributed by atoms with Crippen molar-refractivity contribution in [1.82, 2.24) is 0 Å². The monoisotopic (exact) mass is 228 g/mol. The molecule has 0 aliphatic carbocycles. The predicted octanol–water partition coefficient (Wildman–Crippen LogP) is 3.44. The number of hydrogen-bond acceptors (Lipinski definition) is 2. The maximum Gasteiger partial charge on any atom is 0.376 e. The number of rotatable bonds is 6. The van der Waals surface area contributed by atoms with Crippen LogP contribution in [0.5, 0.6) is 5.75 Å². The first-order valence-electron chi connectivity index (χ1n) is 5.20. The maximum atomic E-state index is 11.6. The highest BCUT2D eigenvalue weighted by molar-refractivity contribution is 7.53. The molecule has 0 saturated carbocycles. The van der Waals surface area contributed by atoms with E-state index in [9.17, 15) is 9.46 Å². The first kappa shape index (κ1) is 12.3. The topological polar surface area (TPSA) is 46.5 Å². The fraction of sp³-hybridized carbons (Fsp3) is 0.455. The van der Waals surface area contributed by atoms with E-state index < -0.39 is 7.60 Å². The van der Waals surface area contributed by atoms with Gasteiger partial charge in [-0.25, -0.2) is 4.57 Å². The van der Waals surface area contributed by atoms with Crippen molar-refractivity contribution in [3.8, 4) is 5.75 Å². The molecule has 0 aromatic heterocycles. The largest absolute Gasteiger partial charge is 0.424 e. The predicted molar refractivity (Wildman–Crippen MR) is 61.3 cm³/mol. The fourth-order valence-electron chi connectivity index (χ4n) is 1.25. The summed E-state index contributed by atoms with van der Waals surface area (Å²) in [6.45, 7) is 2.06. The van der Waals surface area contributed by atoms with Crippen LogP contribution in [0.2, 0.25) is 0 Å². The molecule has 0 aliphatic rings. The third kappa shape index (κ3) is 5.01. The zero-order valence-corrected chi connectivity index (χ0v) is 9.82. The molecule has 0 fully saturated rings. The van der Waals surface area contributed by atoms with Crippen molar-refractivity contribution in [2.75, 3.05) is 6.16 Å². The third-order valence-corrected chi connectivity index (χ3v) is 3.41. The molecule has 1 aromatic rings. The van der Waals surface area contributed by atoms with Gasteiger partial charge < -0.3 is 9.42 Å². The highest BCUT2D eigenvalue weighted by atomic mass is 31.2. The Morgan fingerprint density at radius 1 is 1.27 bits per heavy atom. The van der Waals surface area contributed by atoms with Crippen LogP contribution in [0.3, 0.4) is 0 Å². The molecule has 1 aromatic carbocycles. The molecular formula is C11H17O3P. The molecule has 0 bridgehead atoms. The summed E-state index contributed by atoms with van der Waals surface area (Å²) in [5, 5.41) is 0. The molecule has 1 rings (SSSR count). The summed E-state index contributed by atoms with van der Waals surface area (Å²) in [6, 6.07) is 8.76. The molecule has 4 heteroatoms. The zero-order chi connectivity index (χ0) is 11.1. The first-order chi connectivity index (χ1) is 7.14. The van der Waals surface area contributed by atoms with Gasteiger partial charge in [0.25, 0.3) is 0 Å². The number of hydrogen-bond donors (Lipinski definition) is 1. The summed E-state index contributed by atoms with van der Waals surface area (Å²) >= 11 is 0. The van der Waals surface area contributed by atoms with Gasteiger partial charge in [0.15, 0.2) is 0 Å². The third-order valence-electron chi connectivity index (χ3n) is 2.04. The standard InChI is InChI=1S/C11H17O3P/c1-2-3-7-10-15(12,13)14-11-8-5-4-6-9-11/h4-6,8-9H,2-3,7,10H2,1H3,(H,12,13). The van der Waals surface area contributed by atoms with Gasteiger partial charge in [-0.3, -0.25) is 0 Å². The number of unbranched alkanes of at least 4 members (excludes halogenated alkanes) is 2. The van der Waals surface area contributed by atoms with Crippen molar-refractivity contribution in [3.63, 3.8) is 0 Å². The minimum atomic E-state index is -3.44. The van der Waals surface area contributed by atoms with Crippen molar-refractivity contribution >= 4 is 7.60 Å². The lowest BCUT2D eigenvalue weighted by atomic mass is 10.3. The van der Waals surface area contributed by atoms with Gasteiger partial charge in [-0.15, -0.1) is 0 Å². The lowest BCUT2D eigenvalue weighted by Gasteiger charge is -2.12. The van der Waals surface area contributed by atoms with Gasteiger partial charge in [0.1, 0.15) is 5.75 Å². The molecule has 0 saturated heterocycles. The summed E-state index contributed by atoms with van der Waals surface area (Å²) in [7, 11) is -3.44. The Morgan fingerprint density at radius 2 is 1.93 bits per heavy atom. The van der Waals surface area contributed by atoms with E-state index in [-0.39, 0.29) is 6.16 Å². The van der Waals surface area contributed by atoms with Crippen LogP contribution in [-0.2, 0) is 4.57 Å². The van der Waals surface area contributed by atoms with Crippen molar-refractivity contribution in [3.05, 3.63) is 30.3 Å². The van der Waals surface area contributed by atoms with E-state index in [1.54, 1.807) is 24.3 Å². The van der Waals surface area contributed by atoms with Crippen LogP contribution in [-0.4, -0.2) is 11.1 Å². The summed E-state index contributed by atoms with van der Waals surface area (Å²) in [5.41, 5.74) is 0. The molecule has 15 heavy (non-hydrogen) atoms. The maximum absolute atomic E-state index is 11.6. The smallest absolute Gasteiger partial charge is 0.376 e. The van der Waals surface area contributed by atoms with Crippen LogP contribution >= 0.6 is 7.60 Å². The van der Waals surface area contributed by atoms with E-state index in [1.165, 1.54) is 0 Å². The van der Waals surface area contributed by atoms with Crippen molar-refractivity contribution in [1.29, 1.82) is 0 Å². The molecular weight excluding hydrogens is 211 g/mol. The summed E-state index contributed by atoms with van der Waals surface area (Å²) in [4.78, 5) is 9.53. The first-order valence-corrected chi connectivity index (χ1v) is 6.97. The van der Waals surface area contributed by atoms with Crippen molar-refractivity contribution in [2.45, 2.75) is 26.2 Å². The van der Waals surface area contributed by atoms with E-state index in [0.717, 1.165) is 19.3 Å². The van der Waals surface area contributed by atoms with Gasteiger partial charge >= 0.3 is 7.60 Å². The van der Waals surface area contributed by atoms with E-state index in [0.29, 0.717) is 5.75 Å². The Hall–Kier alpha value is -0.790. The van der Waals surface area contributed by atoms with Crippen LogP contribution in [0.15, 0.2) is 30.3 Å². The molecule has 3 nitrogen and oxygen atoms in total. The molecule has 0 aliphatic heterocycles. The molecule has 1 atom stereocenters. The Kier molecular flexibility index (Phi) is 4.86. The van der Waals surface area contributed by atoms with E-state index in [1.807, 2.05) is 6.07 Å². The lowest BCUT2D eigenvalue weighted by molar-refractivity contribution is 0.377. The highest BCUT2D eigenvalue weighted by Gasteiger charge is 2.19. The summed E-state index contributed by atoms with van der Waals surface area (Å²) in [5.74, 6) is 0.458. The van der Waals surface area contributed by atoms with E-state index in [4.69, 9.17) is 4.52 Å². The van der Waals surface area contributed by atoms with Crippen LogP contribution in [0, 0.1) is 0 Å². The number of benzene rings is 1. The Bertz CT molecular complexity index is 324. The Morgan fingerprint density at radius 3 is 2.53 bits per heavy atom. The summed E-state index contributed by atoms with van der Waals surface area (Å²) < 4.78 is 16.7. The average Bonchev–Trinajstić information content (AvgIpc) is 2.18. The highest BCUT2D eigenvalue weighted by Crippen LogP contribution is 2.43. The minimum Gasteiger partial charge on any atom is -0.424 e. The SMILES string of the molecule is CCCCCP(=O)(O)Oc1ccccc1. The van der Waals surface area contributed by atoms with Crippen LogP contribution in [0.25, 0.3) is 0 Å². The van der Waals surface area contributed by atoms with Crippen LogP contribution in [0.1, 0.15) is 26.2 Å². The Labute approximate surface area is 90.6 Å². The Balaban J connectivity index is 2.46. The van der Waals surface area contributed by atoms with Gasteiger partial charge in [-0.1, -0.05) is 38.0 Å². The molecule has 0 radical (unpaired) electrons. The zero-order valence-electron chi connectivity index (χ0n) is 8.93. The second kappa shape index (κ2) is 5.94. The molecule has 1 N–H and O–H groups in total. The van der Waals surface area contributed by atoms with Gasteiger partial charge in [-0.05, 0) is 18.6 Å². The lowest BCUT2D eigenvalue weighted by Crippen LogP contribution is -1.97. The second-order valence-electron chi connectivity index (χ2n) is 3.47. The molecule has 84 valence electrons. The molecule has 0 amide bonds. The molecule has 0 heterocycles. The minimum absolute atomic E-state index is 0.232. The van der Waals surface area contributed by atoms with Gasteiger partial charge in [0, 0.05) is 0 Å². The van der Waals surface area contributed by atoms with Gasteiger partial charge in [0.05, 0.1) is 6.16 Å². The van der Waals surface area contributed by atoms with E-state index in [2.05, 4.69) is 6.92 Å². The summed E-state index contributed by atoms with van der Waals surface area (Å²) in [6.07, 6.45) is 2.96. The number of para-hydroxylation sites is 1. The van der Waals surface area contributed by atoms with E-state index >= 15 is 0 Å². The molecule has 1 unspecified atom stereocenters.